The van der Waals surface area contributed by atoms with Crippen molar-refractivity contribution in [3.05, 3.63) is 30.5 Å². The molecule has 2 amide bonds. The van der Waals surface area contributed by atoms with Crippen LogP contribution in [0.2, 0.25) is 0 Å². The van der Waals surface area contributed by atoms with Crippen LogP contribution in [0, 0.1) is 0 Å². The first kappa shape index (κ1) is 14.9. The molecule has 0 bridgehead atoms. The van der Waals surface area contributed by atoms with Crippen molar-refractivity contribution in [2.45, 2.75) is 18.9 Å². The van der Waals surface area contributed by atoms with Crippen LogP contribution in [0.1, 0.15) is 12.8 Å². The van der Waals surface area contributed by atoms with Gasteiger partial charge < -0.3 is 19.7 Å². The highest BCUT2D eigenvalue weighted by Crippen LogP contribution is 2.24. The highest BCUT2D eigenvalue weighted by molar-refractivity contribution is 6.00. The number of piperidine rings is 1. The minimum absolute atomic E-state index is 0.0223. The maximum Gasteiger partial charge on any atom is 0.321 e. The monoisotopic (exact) mass is 300 g/mol. The van der Waals surface area contributed by atoms with Crippen LogP contribution >= 0.6 is 0 Å². The molecule has 0 unspecified atom stereocenters. The van der Waals surface area contributed by atoms with Crippen molar-refractivity contribution in [2.24, 2.45) is 7.05 Å². The molecule has 1 aromatic carbocycles. The van der Waals surface area contributed by atoms with Crippen molar-refractivity contribution in [1.82, 2.24) is 14.4 Å². The number of nitrogens with zero attached hydrogens (tertiary/aromatic N) is 3. The standard InChI is InChI=1S/C17H24N4O/c1-19-10-7-13(8-11-19)21(3)17(22)18-15-5-4-6-16-14(15)9-12-20(16)2/h4-6,9,12-13H,7-8,10-11H2,1-3H3,(H,18,22). The fourth-order valence-corrected chi connectivity index (χ4v) is 3.16. The number of aryl methyl sites for hydroxylation is 1. The average Bonchev–Trinajstić information content (AvgIpc) is 2.90. The second-order valence-electron chi connectivity index (χ2n) is 6.24. The third-order valence-electron chi connectivity index (χ3n) is 4.73. The molecule has 0 atom stereocenters. The zero-order valence-corrected chi connectivity index (χ0v) is 13.5. The zero-order valence-electron chi connectivity index (χ0n) is 13.5. The Hall–Kier alpha value is -2.01. The normalized spacial score (nSPS) is 16.9. The first-order valence-corrected chi connectivity index (χ1v) is 7.82. The molecule has 2 heterocycles. The number of hydrogen-bond acceptors (Lipinski definition) is 2. The second kappa shape index (κ2) is 6.01. The van der Waals surface area contributed by atoms with Crippen LogP contribution in [0.5, 0.6) is 0 Å². The minimum Gasteiger partial charge on any atom is -0.350 e. The smallest absolute Gasteiger partial charge is 0.321 e. The minimum atomic E-state index is -0.0223. The maximum absolute atomic E-state index is 12.5. The summed E-state index contributed by atoms with van der Waals surface area (Å²) in [5.74, 6) is 0. The number of hydrogen-bond donors (Lipinski definition) is 1. The Morgan fingerprint density at radius 2 is 1.95 bits per heavy atom. The van der Waals surface area contributed by atoms with E-state index >= 15 is 0 Å². The molecule has 1 aliphatic rings. The van der Waals surface area contributed by atoms with Crippen LogP contribution in [0.15, 0.2) is 30.5 Å². The summed E-state index contributed by atoms with van der Waals surface area (Å²) in [4.78, 5) is 16.7. The summed E-state index contributed by atoms with van der Waals surface area (Å²) in [5, 5.41) is 4.15. The molecule has 0 radical (unpaired) electrons. The van der Waals surface area contributed by atoms with E-state index in [1.165, 1.54) is 0 Å². The quantitative estimate of drug-likeness (QED) is 0.926. The van der Waals surface area contributed by atoms with E-state index in [9.17, 15) is 4.79 Å². The molecule has 0 spiro atoms. The van der Waals surface area contributed by atoms with Crippen LogP contribution in [0.4, 0.5) is 10.5 Å². The summed E-state index contributed by atoms with van der Waals surface area (Å²) in [6.07, 6.45) is 4.09. The van der Waals surface area contributed by atoms with Crippen molar-refractivity contribution in [2.75, 3.05) is 32.5 Å². The molecule has 2 aromatic rings. The molecule has 5 heteroatoms. The molecular formula is C17H24N4O. The summed E-state index contributed by atoms with van der Waals surface area (Å²) in [7, 11) is 6.04. The molecule has 1 saturated heterocycles. The number of nitrogens with one attached hydrogen (secondary N) is 1. The first-order valence-electron chi connectivity index (χ1n) is 7.82. The molecule has 1 aliphatic heterocycles. The first-order chi connectivity index (χ1) is 10.6. The molecule has 1 aromatic heterocycles. The fourth-order valence-electron chi connectivity index (χ4n) is 3.16. The van der Waals surface area contributed by atoms with E-state index in [2.05, 4.69) is 27.9 Å². The zero-order chi connectivity index (χ0) is 15.7. The molecule has 3 rings (SSSR count). The van der Waals surface area contributed by atoms with Crippen LogP contribution in [-0.4, -0.2) is 53.6 Å². The predicted octanol–water partition coefficient (Wildman–Crippen LogP) is 2.74. The van der Waals surface area contributed by atoms with E-state index in [0.717, 1.165) is 42.5 Å². The summed E-state index contributed by atoms with van der Waals surface area (Å²) in [5.41, 5.74) is 2.00. The summed E-state index contributed by atoms with van der Waals surface area (Å²) in [6.45, 7) is 2.10. The Morgan fingerprint density at radius 3 is 2.68 bits per heavy atom. The van der Waals surface area contributed by atoms with E-state index in [4.69, 9.17) is 0 Å². The van der Waals surface area contributed by atoms with E-state index < -0.39 is 0 Å². The molecule has 118 valence electrons. The third kappa shape index (κ3) is 2.81. The Labute approximate surface area is 131 Å². The van der Waals surface area contributed by atoms with Gasteiger partial charge in [-0.2, -0.15) is 0 Å². The number of likely N-dealkylation sites (tertiary alicyclic amines) is 1. The van der Waals surface area contributed by atoms with Crippen LogP contribution in [-0.2, 0) is 7.05 Å². The van der Waals surface area contributed by atoms with E-state index in [1.807, 2.05) is 43.4 Å². The number of anilines is 1. The maximum atomic E-state index is 12.5. The lowest BCUT2D eigenvalue weighted by Gasteiger charge is -2.35. The second-order valence-corrected chi connectivity index (χ2v) is 6.24. The summed E-state index contributed by atoms with van der Waals surface area (Å²) < 4.78 is 2.06. The van der Waals surface area contributed by atoms with E-state index in [-0.39, 0.29) is 6.03 Å². The van der Waals surface area contributed by atoms with Gasteiger partial charge in [0.05, 0.1) is 5.69 Å². The topological polar surface area (TPSA) is 40.5 Å². The van der Waals surface area contributed by atoms with Gasteiger partial charge in [-0.25, -0.2) is 4.79 Å². The van der Waals surface area contributed by atoms with Gasteiger partial charge in [0, 0.05) is 37.2 Å². The van der Waals surface area contributed by atoms with Crippen molar-refractivity contribution in [1.29, 1.82) is 0 Å². The Kier molecular flexibility index (Phi) is 4.07. The lowest BCUT2D eigenvalue weighted by molar-refractivity contribution is 0.156. The molecule has 1 fully saturated rings. The van der Waals surface area contributed by atoms with E-state index in [1.54, 1.807) is 0 Å². The molecule has 1 N–H and O–H groups in total. The Morgan fingerprint density at radius 1 is 1.23 bits per heavy atom. The average molecular weight is 300 g/mol. The molecular weight excluding hydrogens is 276 g/mol. The number of aromatic nitrogens is 1. The molecule has 5 nitrogen and oxygen atoms in total. The van der Waals surface area contributed by atoms with Gasteiger partial charge in [-0.05, 0) is 51.2 Å². The molecule has 22 heavy (non-hydrogen) atoms. The number of urea groups is 1. The van der Waals surface area contributed by atoms with Gasteiger partial charge in [0.2, 0.25) is 0 Å². The third-order valence-corrected chi connectivity index (χ3v) is 4.73. The number of amides is 2. The molecule has 0 aliphatic carbocycles. The predicted molar refractivity (Wildman–Crippen MR) is 90.2 cm³/mol. The van der Waals surface area contributed by atoms with Gasteiger partial charge in [-0.1, -0.05) is 6.07 Å². The lowest BCUT2D eigenvalue weighted by atomic mass is 10.0. The van der Waals surface area contributed by atoms with Crippen LogP contribution in [0.25, 0.3) is 10.9 Å². The van der Waals surface area contributed by atoms with Crippen molar-refractivity contribution < 1.29 is 4.79 Å². The summed E-state index contributed by atoms with van der Waals surface area (Å²) in [6, 6.07) is 8.35. The Bertz CT molecular complexity index is 670. The number of fused-ring (bicyclic) bond motifs is 1. The van der Waals surface area contributed by atoms with Gasteiger partial charge in [0.1, 0.15) is 0 Å². The number of benzene rings is 1. The SMILES string of the molecule is CN1CCC(N(C)C(=O)Nc2cccc3c2ccn3C)CC1. The number of carbonyl (C=O) groups excluding carboxylic acids is 1. The van der Waals surface area contributed by atoms with Gasteiger partial charge in [-0.15, -0.1) is 0 Å². The van der Waals surface area contributed by atoms with E-state index in [0.29, 0.717) is 6.04 Å². The number of carbonyl (C=O) groups is 1. The van der Waals surface area contributed by atoms with Crippen LogP contribution in [0.3, 0.4) is 0 Å². The lowest BCUT2D eigenvalue weighted by Crippen LogP contribution is -2.46. The van der Waals surface area contributed by atoms with Gasteiger partial charge in [0.15, 0.2) is 0 Å². The largest absolute Gasteiger partial charge is 0.350 e. The van der Waals surface area contributed by atoms with Gasteiger partial charge in [-0.3, -0.25) is 0 Å². The highest BCUT2D eigenvalue weighted by Gasteiger charge is 2.24. The van der Waals surface area contributed by atoms with Crippen LogP contribution < -0.4 is 5.32 Å². The van der Waals surface area contributed by atoms with Crippen molar-refractivity contribution >= 4 is 22.6 Å². The summed E-state index contributed by atoms with van der Waals surface area (Å²) >= 11 is 0. The van der Waals surface area contributed by atoms with Gasteiger partial charge >= 0.3 is 6.03 Å². The Balaban J connectivity index is 1.73. The van der Waals surface area contributed by atoms with Gasteiger partial charge in [0.25, 0.3) is 0 Å². The fraction of sp³-hybridized carbons (Fsp3) is 0.471. The highest BCUT2D eigenvalue weighted by atomic mass is 16.2. The van der Waals surface area contributed by atoms with Crippen molar-refractivity contribution in [3.63, 3.8) is 0 Å². The molecule has 0 saturated carbocycles. The van der Waals surface area contributed by atoms with Crippen molar-refractivity contribution in [3.8, 4) is 0 Å². The number of rotatable bonds is 2.